The molecule has 0 bridgehead atoms. The van der Waals surface area contributed by atoms with Gasteiger partial charge in [-0.3, -0.25) is 0 Å². The van der Waals surface area contributed by atoms with Crippen LogP contribution in [0.5, 0.6) is 0 Å². The molecule has 29 heavy (non-hydrogen) atoms. The van der Waals surface area contributed by atoms with Crippen molar-refractivity contribution >= 4 is 11.6 Å². The predicted octanol–water partition coefficient (Wildman–Crippen LogP) is 3.55. The number of anilines is 1. The van der Waals surface area contributed by atoms with Crippen molar-refractivity contribution in [3.63, 3.8) is 0 Å². The molecule has 1 N–H and O–H groups in total. The van der Waals surface area contributed by atoms with Crippen molar-refractivity contribution in [3.05, 3.63) is 84.9 Å². The van der Waals surface area contributed by atoms with Gasteiger partial charge in [-0.05, 0) is 19.1 Å². The van der Waals surface area contributed by atoms with Crippen LogP contribution in [0.2, 0.25) is 0 Å². The Balaban J connectivity index is 1.47. The van der Waals surface area contributed by atoms with Crippen LogP contribution in [0.3, 0.4) is 0 Å². The maximum Gasteiger partial charge on any atom is 0.254 e. The first-order chi connectivity index (χ1) is 14.3. The average molecular weight is 382 g/mol. The summed E-state index contributed by atoms with van der Waals surface area (Å²) in [4.78, 5) is 8.87. The number of benzene rings is 2. The number of hydrogen-bond donors (Lipinski definition) is 1. The zero-order valence-corrected chi connectivity index (χ0v) is 15.7. The number of para-hydroxylation sites is 1. The number of fused-ring (bicyclic) bond motifs is 1. The van der Waals surface area contributed by atoms with Crippen molar-refractivity contribution in [2.45, 2.75) is 13.0 Å². The lowest BCUT2D eigenvalue weighted by Crippen LogP contribution is -2.11. The normalized spacial score (nSPS) is 12.2. The third-order valence-corrected chi connectivity index (χ3v) is 4.66. The molecule has 0 spiro atoms. The average Bonchev–Trinajstić information content (AvgIpc) is 3.45. The van der Waals surface area contributed by atoms with Gasteiger partial charge in [-0.25, -0.2) is 9.67 Å². The summed E-state index contributed by atoms with van der Waals surface area (Å²) in [6, 6.07) is 21.8. The van der Waals surface area contributed by atoms with E-state index in [1.54, 1.807) is 9.20 Å². The fourth-order valence-corrected chi connectivity index (χ4v) is 3.15. The Bertz CT molecular complexity index is 1240. The fourth-order valence-electron chi connectivity index (χ4n) is 3.15. The maximum absolute atomic E-state index is 4.61. The predicted molar refractivity (Wildman–Crippen MR) is 110 cm³/mol. The van der Waals surface area contributed by atoms with E-state index < -0.39 is 0 Å². The highest BCUT2D eigenvalue weighted by Crippen LogP contribution is 2.24. The van der Waals surface area contributed by atoms with E-state index in [9.17, 15) is 0 Å². The zero-order valence-electron chi connectivity index (χ0n) is 15.7. The number of aromatic nitrogens is 7. The second kappa shape index (κ2) is 7.16. The van der Waals surface area contributed by atoms with Crippen molar-refractivity contribution in [1.82, 2.24) is 34.6 Å². The van der Waals surface area contributed by atoms with Crippen molar-refractivity contribution in [2.24, 2.45) is 0 Å². The SMILES string of the molecule is CC(Nc1cc(-c2ccccc2)nc2ncnn12)c1cn(-c2ccccc2)nn1. The van der Waals surface area contributed by atoms with E-state index in [0.717, 1.165) is 28.5 Å². The van der Waals surface area contributed by atoms with Gasteiger partial charge < -0.3 is 5.32 Å². The summed E-state index contributed by atoms with van der Waals surface area (Å²) in [5.41, 5.74) is 3.63. The second-order valence-electron chi connectivity index (χ2n) is 6.65. The summed E-state index contributed by atoms with van der Waals surface area (Å²) in [5, 5.41) is 16.3. The topological polar surface area (TPSA) is 85.8 Å². The molecular formula is C21H18N8. The first kappa shape index (κ1) is 17.1. The third-order valence-electron chi connectivity index (χ3n) is 4.66. The summed E-state index contributed by atoms with van der Waals surface area (Å²) < 4.78 is 3.45. The molecule has 8 heteroatoms. The minimum absolute atomic E-state index is 0.0918. The summed E-state index contributed by atoms with van der Waals surface area (Å²) in [6.45, 7) is 2.03. The van der Waals surface area contributed by atoms with E-state index in [1.165, 1.54) is 6.33 Å². The maximum atomic E-state index is 4.61. The molecule has 0 radical (unpaired) electrons. The summed E-state index contributed by atoms with van der Waals surface area (Å²) in [5.74, 6) is 1.32. The molecular weight excluding hydrogens is 364 g/mol. The van der Waals surface area contributed by atoms with E-state index in [2.05, 4.69) is 30.7 Å². The molecule has 1 atom stereocenters. The number of hydrogen-bond acceptors (Lipinski definition) is 6. The molecule has 0 aliphatic carbocycles. The van der Waals surface area contributed by atoms with Gasteiger partial charge in [0.05, 0.1) is 23.6 Å². The lowest BCUT2D eigenvalue weighted by Gasteiger charge is -2.14. The first-order valence-corrected chi connectivity index (χ1v) is 9.28. The molecule has 0 fully saturated rings. The highest BCUT2D eigenvalue weighted by Gasteiger charge is 2.15. The Hall–Kier alpha value is -4.07. The summed E-state index contributed by atoms with van der Waals surface area (Å²) in [7, 11) is 0. The lowest BCUT2D eigenvalue weighted by atomic mass is 10.1. The van der Waals surface area contributed by atoms with E-state index in [4.69, 9.17) is 0 Å². The van der Waals surface area contributed by atoms with Crippen LogP contribution in [-0.4, -0.2) is 34.6 Å². The van der Waals surface area contributed by atoms with E-state index >= 15 is 0 Å². The van der Waals surface area contributed by atoms with E-state index in [0.29, 0.717) is 5.78 Å². The largest absolute Gasteiger partial charge is 0.362 e. The fraction of sp³-hybridized carbons (Fsp3) is 0.0952. The minimum atomic E-state index is -0.0918. The number of nitrogens with one attached hydrogen (secondary N) is 1. The van der Waals surface area contributed by atoms with Crippen LogP contribution < -0.4 is 5.32 Å². The van der Waals surface area contributed by atoms with Gasteiger partial charge in [-0.15, -0.1) is 5.10 Å². The monoisotopic (exact) mass is 382 g/mol. The second-order valence-corrected chi connectivity index (χ2v) is 6.65. The van der Waals surface area contributed by atoms with Gasteiger partial charge in [-0.1, -0.05) is 53.7 Å². The highest BCUT2D eigenvalue weighted by molar-refractivity contribution is 5.65. The lowest BCUT2D eigenvalue weighted by molar-refractivity contribution is 0.774. The van der Waals surface area contributed by atoms with Crippen LogP contribution in [0.25, 0.3) is 22.7 Å². The van der Waals surface area contributed by atoms with Crippen LogP contribution in [-0.2, 0) is 0 Å². The van der Waals surface area contributed by atoms with Crippen molar-refractivity contribution < 1.29 is 0 Å². The molecule has 2 aromatic carbocycles. The summed E-state index contributed by atoms with van der Waals surface area (Å²) in [6.07, 6.45) is 3.42. The van der Waals surface area contributed by atoms with Gasteiger partial charge in [0.25, 0.3) is 5.78 Å². The van der Waals surface area contributed by atoms with E-state index in [1.807, 2.05) is 79.9 Å². The molecule has 1 unspecified atom stereocenters. The number of rotatable bonds is 5. The summed E-state index contributed by atoms with van der Waals surface area (Å²) >= 11 is 0. The van der Waals surface area contributed by atoms with Gasteiger partial charge >= 0.3 is 0 Å². The molecule has 5 aromatic rings. The Kier molecular flexibility index (Phi) is 4.21. The first-order valence-electron chi connectivity index (χ1n) is 9.28. The third kappa shape index (κ3) is 3.31. The molecule has 8 nitrogen and oxygen atoms in total. The molecule has 0 aliphatic rings. The smallest absolute Gasteiger partial charge is 0.254 e. The Morgan fingerprint density at radius 1 is 0.966 bits per heavy atom. The Labute approximate surface area is 166 Å². The molecule has 3 heterocycles. The standard InChI is InChI=1S/C21H18N8/c1-15(19-13-28(27-26-19)17-10-6-3-7-11-17)24-20-12-18(16-8-4-2-5-9-16)25-21-22-14-23-29(20)21/h2-15,24H,1H3. The molecule has 0 saturated heterocycles. The van der Waals surface area contributed by atoms with E-state index in [-0.39, 0.29) is 6.04 Å². The molecule has 0 amide bonds. The molecule has 5 rings (SSSR count). The van der Waals surface area contributed by atoms with Gasteiger partial charge in [0.2, 0.25) is 0 Å². The van der Waals surface area contributed by atoms with Gasteiger partial charge in [0.15, 0.2) is 0 Å². The molecule has 0 saturated carbocycles. The van der Waals surface area contributed by atoms with Crippen LogP contribution in [0.1, 0.15) is 18.7 Å². The number of nitrogens with zero attached hydrogens (tertiary/aromatic N) is 7. The van der Waals surface area contributed by atoms with Crippen molar-refractivity contribution in [2.75, 3.05) is 5.32 Å². The molecule has 142 valence electrons. The quantitative estimate of drug-likeness (QED) is 0.500. The van der Waals surface area contributed by atoms with Crippen molar-refractivity contribution in [3.8, 4) is 16.9 Å². The molecule has 3 aromatic heterocycles. The Morgan fingerprint density at radius 2 is 1.72 bits per heavy atom. The van der Waals surface area contributed by atoms with Crippen molar-refractivity contribution in [1.29, 1.82) is 0 Å². The van der Waals surface area contributed by atoms with Crippen LogP contribution in [0.4, 0.5) is 5.82 Å². The van der Waals surface area contributed by atoms with Crippen LogP contribution in [0.15, 0.2) is 79.3 Å². The van der Waals surface area contributed by atoms with Gasteiger partial charge in [0, 0.05) is 11.6 Å². The minimum Gasteiger partial charge on any atom is -0.362 e. The highest BCUT2D eigenvalue weighted by atomic mass is 15.4. The van der Waals surface area contributed by atoms with Crippen LogP contribution >= 0.6 is 0 Å². The zero-order chi connectivity index (χ0) is 19.6. The van der Waals surface area contributed by atoms with Gasteiger partial charge in [-0.2, -0.15) is 14.6 Å². The molecule has 0 aliphatic heterocycles. The Morgan fingerprint density at radius 3 is 2.52 bits per heavy atom. The van der Waals surface area contributed by atoms with Gasteiger partial charge in [0.1, 0.15) is 17.8 Å². The van der Waals surface area contributed by atoms with Crippen LogP contribution in [0, 0.1) is 0 Å².